The van der Waals surface area contributed by atoms with Crippen LogP contribution in [-0.4, -0.2) is 26.9 Å². The molecule has 11 heteroatoms. The topological polar surface area (TPSA) is 123 Å². The van der Waals surface area contributed by atoms with Crippen LogP contribution in [0.25, 0.3) is 33.8 Å². The van der Waals surface area contributed by atoms with Crippen LogP contribution in [0.2, 0.25) is 0 Å². The van der Waals surface area contributed by atoms with Gasteiger partial charge in [-0.25, -0.2) is 14.4 Å². The number of rotatable bonds is 6. The average Bonchev–Trinajstić information content (AvgIpc) is 3.58. The van der Waals surface area contributed by atoms with Crippen molar-refractivity contribution in [2.75, 3.05) is 5.32 Å². The van der Waals surface area contributed by atoms with Crippen LogP contribution in [0.5, 0.6) is 0 Å². The molecular formula is C24H18FN5O4S. The third-order valence-electron chi connectivity index (χ3n) is 5.15. The van der Waals surface area contributed by atoms with Gasteiger partial charge in [-0.3, -0.25) is 14.9 Å². The standard InChI is InChI=1S/C24H18FN5O4S/c1-12-21-17(9-18(27-23(21)34-30-12)14-3-5-15(25)6-4-14)22(32)29-24-28-19(11-35-24)20-8-7-16(33-20)10-26-13(2)31/h3-9,11H,10H2,1-2H3,(H,26,31)(H,28,29,32). The van der Waals surface area contributed by atoms with Crippen LogP contribution in [-0.2, 0) is 11.3 Å². The summed E-state index contributed by atoms with van der Waals surface area (Å²) in [4.78, 5) is 33.2. The Kier molecular flexibility index (Phi) is 5.83. The van der Waals surface area contributed by atoms with Crippen LogP contribution in [0, 0.1) is 12.7 Å². The highest BCUT2D eigenvalue weighted by molar-refractivity contribution is 7.14. The number of amides is 2. The average molecular weight is 492 g/mol. The van der Waals surface area contributed by atoms with E-state index in [1.165, 1.54) is 30.4 Å². The number of benzene rings is 1. The van der Waals surface area contributed by atoms with E-state index in [0.717, 1.165) is 0 Å². The summed E-state index contributed by atoms with van der Waals surface area (Å²) in [5.41, 5.74) is 2.65. The van der Waals surface area contributed by atoms with Gasteiger partial charge in [0, 0.05) is 17.9 Å². The van der Waals surface area contributed by atoms with Gasteiger partial charge in [0.1, 0.15) is 17.3 Å². The van der Waals surface area contributed by atoms with Gasteiger partial charge in [-0.05, 0) is 49.4 Å². The monoisotopic (exact) mass is 491 g/mol. The number of halogens is 1. The Bertz CT molecular complexity index is 1550. The van der Waals surface area contributed by atoms with Crippen molar-refractivity contribution in [1.82, 2.24) is 20.4 Å². The minimum absolute atomic E-state index is 0.155. The van der Waals surface area contributed by atoms with Crippen LogP contribution in [0.15, 0.2) is 56.8 Å². The summed E-state index contributed by atoms with van der Waals surface area (Å²) in [7, 11) is 0. The molecule has 1 aromatic carbocycles. The minimum atomic E-state index is -0.418. The van der Waals surface area contributed by atoms with Gasteiger partial charge >= 0.3 is 0 Å². The summed E-state index contributed by atoms with van der Waals surface area (Å²) in [5.74, 6) is 0.156. The fourth-order valence-electron chi connectivity index (χ4n) is 3.47. The second-order valence-electron chi connectivity index (χ2n) is 7.68. The van der Waals surface area contributed by atoms with Crippen molar-refractivity contribution in [2.45, 2.75) is 20.4 Å². The summed E-state index contributed by atoms with van der Waals surface area (Å²) in [6, 6.07) is 10.9. The smallest absolute Gasteiger partial charge is 0.259 e. The number of carbonyl (C=O) groups excluding carboxylic acids is 2. The van der Waals surface area contributed by atoms with Crippen LogP contribution in [0.3, 0.4) is 0 Å². The Hall–Kier alpha value is -4.38. The van der Waals surface area contributed by atoms with E-state index in [4.69, 9.17) is 8.94 Å². The summed E-state index contributed by atoms with van der Waals surface area (Å²) >= 11 is 1.24. The van der Waals surface area contributed by atoms with Crippen LogP contribution < -0.4 is 10.6 Å². The van der Waals surface area contributed by atoms with Crippen molar-refractivity contribution in [1.29, 1.82) is 0 Å². The summed E-state index contributed by atoms with van der Waals surface area (Å²) in [6.45, 7) is 3.42. The van der Waals surface area contributed by atoms with Crippen LogP contribution in [0.1, 0.15) is 28.7 Å². The van der Waals surface area contributed by atoms with E-state index < -0.39 is 5.91 Å². The van der Waals surface area contributed by atoms with E-state index in [1.807, 2.05) is 0 Å². The lowest BCUT2D eigenvalue weighted by Crippen LogP contribution is -2.18. The molecule has 0 aliphatic carbocycles. The fourth-order valence-corrected chi connectivity index (χ4v) is 4.17. The first-order chi connectivity index (χ1) is 16.9. The molecule has 0 saturated carbocycles. The zero-order valence-electron chi connectivity index (χ0n) is 18.6. The fraction of sp³-hybridized carbons (Fsp3) is 0.125. The number of carbonyl (C=O) groups is 2. The van der Waals surface area contributed by atoms with E-state index in [1.54, 1.807) is 42.6 Å². The van der Waals surface area contributed by atoms with E-state index in [2.05, 4.69) is 25.8 Å². The minimum Gasteiger partial charge on any atom is -0.458 e. The van der Waals surface area contributed by atoms with Gasteiger partial charge in [-0.15, -0.1) is 11.3 Å². The van der Waals surface area contributed by atoms with Crippen LogP contribution in [0.4, 0.5) is 9.52 Å². The molecule has 4 aromatic heterocycles. The lowest BCUT2D eigenvalue weighted by atomic mass is 10.1. The Balaban J connectivity index is 1.41. The number of thiazole rings is 1. The van der Waals surface area contributed by atoms with Crippen molar-refractivity contribution in [2.24, 2.45) is 0 Å². The van der Waals surface area contributed by atoms with Gasteiger partial charge in [0.05, 0.1) is 28.9 Å². The van der Waals surface area contributed by atoms with Gasteiger partial charge in [-0.1, -0.05) is 5.16 Å². The molecule has 0 radical (unpaired) electrons. The Morgan fingerprint density at radius 2 is 1.89 bits per heavy atom. The zero-order chi connectivity index (χ0) is 24.5. The summed E-state index contributed by atoms with van der Waals surface area (Å²) in [6.07, 6.45) is 0. The maximum Gasteiger partial charge on any atom is 0.259 e. The predicted octanol–water partition coefficient (Wildman–Crippen LogP) is 4.94. The van der Waals surface area contributed by atoms with E-state index in [-0.39, 0.29) is 24.0 Å². The highest BCUT2D eigenvalue weighted by Crippen LogP contribution is 2.30. The lowest BCUT2D eigenvalue weighted by molar-refractivity contribution is -0.119. The first kappa shape index (κ1) is 22.4. The molecule has 0 bridgehead atoms. The molecule has 5 rings (SSSR count). The van der Waals surface area contributed by atoms with Gasteiger partial charge < -0.3 is 14.3 Å². The molecule has 0 aliphatic rings. The van der Waals surface area contributed by atoms with Gasteiger partial charge in [-0.2, -0.15) is 0 Å². The molecule has 176 valence electrons. The molecule has 0 atom stereocenters. The number of fused-ring (bicyclic) bond motifs is 1. The highest BCUT2D eigenvalue weighted by Gasteiger charge is 2.21. The molecule has 0 spiro atoms. The van der Waals surface area contributed by atoms with E-state index >= 15 is 0 Å². The number of hydrogen-bond donors (Lipinski definition) is 2. The molecule has 0 aliphatic heterocycles. The third kappa shape index (κ3) is 4.66. The molecule has 4 heterocycles. The zero-order valence-corrected chi connectivity index (χ0v) is 19.4. The van der Waals surface area contributed by atoms with E-state index in [0.29, 0.717) is 50.2 Å². The first-order valence-electron chi connectivity index (χ1n) is 10.5. The largest absolute Gasteiger partial charge is 0.458 e. The maximum absolute atomic E-state index is 13.4. The Morgan fingerprint density at radius 3 is 2.66 bits per heavy atom. The molecular weight excluding hydrogens is 473 g/mol. The van der Waals surface area contributed by atoms with Gasteiger partial charge in [0.15, 0.2) is 10.9 Å². The molecule has 2 N–H and O–H groups in total. The maximum atomic E-state index is 13.4. The van der Waals surface area contributed by atoms with Crippen molar-refractivity contribution in [3.63, 3.8) is 0 Å². The SMILES string of the molecule is CC(=O)NCc1ccc(-c2csc(NC(=O)c3cc(-c4ccc(F)cc4)nc4onc(C)c34)n2)o1. The van der Waals surface area contributed by atoms with Crippen LogP contribution >= 0.6 is 11.3 Å². The Morgan fingerprint density at radius 1 is 1.09 bits per heavy atom. The number of pyridine rings is 1. The predicted molar refractivity (Wildman–Crippen MR) is 127 cm³/mol. The third-order valence-corrected chi connectivity index (χ3v) is 5.91. The van der Waals surface area contributed by atoms with E-state index in [9.17, 15) is 14.0 Å². The number of furan rings is 1. The van der Waals surface area contributed by atoms with Crippen molar-refractivity contribution >= 4 is 39.4 Å². The van der Waals surface area contributed by atoms with Crippen molar-refractivity contribution in [3.05, 3.63) is 70.7 Å². The number of aromatic nitrogens is 3. The molecule has 0 saturated heterocycles. The van der Waals surface area contributed by atoms with Crippen molar-refractivity contribution in [3.8, 4) is 22.7 Å². The Labute approximate surface area is 202 Å². The normalized spacial score (nSPS) is 11.1. The second-order valence-corrected chi connectivity index (χ2v) is 8.54. The number of aryl methyl sites for hydroxylation is 1. The molecule has 5 aromatic rings. The molecule has 35 heavy (non-hydrogen) atoms. The quantitative estimate of drug-likeness (QED) is 0.345. The molecule has 2 amide bonds. The number of hydrogen-bond acceptors (Lipinski definition) is 8. The van der Waals surface area contributed by atoms with Crippen molar-refractivity contribution < 1.29 is 22.9 Å². The first-order valence-corrected chi connectivity index (χ1v) is 11.4. The molecule has 0 unspecified atom stereocenters. The lowest BCUT2D eigenvalue weighted by Gasteiger charge is -2.07. The summed E-state index contributed by atoms with van der Waals surface area (Å²) < 4.78 is 24.4. The van der Waals surface area contributed by atoms with Gasteiger partial charge in [0.2, 0.25) is 5.91 Å². The number of anilines is 1. The molecule has 9 nitrogen and oxygen atoms in total. The highest BCUT2D eigenvalue weighted by atomic mass is 32.1. The number of nitrogens with one attached hydrogen (secondary N) is 2. The second kappa shape index (κ2) is 9.11. The summed E-state index contributed by atoms with van der Waals surface area (Å²) in [5, 5.41) is 12.0. The molecule has 0 fully saturated rings. The van der Waals surface area contributed by atoms with Gasteiger partial charge in [0.25, 0.3) is 11.6 Å². The number of nitrogens with zero attached hydrogens (tertiary/aromatic N) is 3.